The van der Waals surface area contributed by atoms with Crippen molar-refractivity contribution in [1.82, 2.24) is 15.0 Å². The van der Waals surface area contributed by atoms with E-state index in [1.807, 2.05) is 42.9 Å². The molecule has 0 saturated carbocycles. The van der Waals surface area contributed by atoms with Crippen molar-refractivity contribution >= 4 is 23.0 Å². The van der Waals surface area contributed by atoms with E-state index in [0.717, 1.165) is 51.0 Å². The summed E-state index contributed by atoms with van der Waals surface area (Å²) in [5.41, 5.74) is 12.0. The van der Waals surface area contributed by atoms with Gasteiger partial charge in [0.15, 0.2) is 0 Å². The van der Waals surface area contributed by atoms with E-state index < -0.39 is 5.91 Å². The number of carbonyl (C=O) groups excluding carboxylic acids is 1. The largest absolute Gasteiger partial charge is 0.497 e. The molecule has 4 aromatic rings. The number of ether oxygens (including phenoxy) is 1. The molecule has 0 radical (unpaired) electrons. The van der Waals surface area contributed by atoms with Crippen LogP contribution in [0.3, 0.4) is 0 Å². The molecule has 6 heteroatoms. The number of rotatable bonds is 6. The van der Waals surface area contributed by atoms with Crippen molar-refractivity contribution in [3.05, 3.63) is 72.3 Å². The third kappa shape index (κ3) is 3.93. The summed E-state index contributed by atoms with van der Waals surface area (Å²) in [5.74, 6) is 0.191. The lowest BCUT2D eigenvalue weighted by atomic mass is 10.0. The zero-order chi connectivity index (χ0) is 21.1. The highest BCUT2D eigenvalue weighted by Gasteiger charge is 2.11. The van der Waals surface area contributed by atoms with E-state index in [-0.39, 0.29) is 0 Å². The normalized spacial score (nSPS) is 11.3. The van der Waals surface area contributed by atoms with E-state index in [9.17, 15) is 4.79 Å². The maximum Gasteiger partial charge on any atom is 0.241 e. The smallest absolute Gasteiger partial charge is 0.241 e. The van der Waals surface area contributed by atoms with Crippen molar-refractivity contribution in [2.24, 2.45) is 5.73 Å². The van der Waals surface area contributed by atoms with Gasteiger partial charge in [-0.25, -0.2) is 4.98 Å². The average molecular weight is 398 g/mol. The molecule has 3 aromatic heterocycles. The molecule has 4 rings (SSSR count). The molecule has 0 spiro atoms. The van der Waals surface area contributed by atoms with Crippen molar-refractivity contribution in [3.63, 3.8) is 0 Å². The highest BCUT2D eigenvalue weighted by Crippen LogP contribution is 2.33. The number of nitrogens with two attached hydrogens (primary N) is 1. The minimum atomic E-state index is -0.497. The Hall–Kier alpha value is -3.93. The fourth-order valence-electron chi connectivity index (χ4n) is 3.42. The lowest BCUT2D eigenvalue weighted by Gasteiger charge is -2.08. The topological polar surface area (TPSA) is 93.9 Å². The number of amides is 1. The Labute approximate surface area is 174 Å². The first-order valence-electron chi connectivity index (χ1n) is 9.66. The van der Waals surface area contributed by atoms with Gasteiger partial charge in [-0.1, -0.05) is 6.92 Å². The summed E-state index contributed by atoms with van der Waals surface area (Å²) >= 11 is 0. The van der Waals surface area contributed by atoms with Gasteiger partial charge in [-0.3, -0.25) is 9.78 Å². The van der Waals surface area contributed by atoms with E-state index in [4.69, 9.17) is 10.5 Å². The Kier molecular flexibility index (Phi) is 5.30. The van der Waals surface area contributed by atoms with Crippen LogP contribution in [0.2, 0.25) is 0 Å². The summed E-state index contributed by atoms with van der Waals surface area (Å²) in [4.78, 5) is 23.3. The molecule has 0 aliphatic heterocycles. The number of aryl methyl sites for hydroxylation is 1. The second-order valence-electron chi connectivity index (χ2n) is 6.94. The number of fused-ring (bicyclic) bond motifs is 1. The first-order valence-corrected chi connectivity index (χ1v) is 9.66. The van der Waals surface area contributed by atoms with Crippen molar-refractivity contribution in [2.45, 2.75) is 13.3 Å². The van der Waals surface area contributed by atoms with Gasteiger partial charge in [-0.2, -0.15) is 0 Å². The summed E-state index contributed by atoms with van der Waals surface area (Å²) in [6, 6.07) is 12.0. The van der Waals surface area contributed by atoms with Crippen LogP contribution < -0.4 is 10.5 Å². The summed E-state index contributed by atoms with van der Waals surface area (Å²) in [5, 5.41) is 1.03. The van der Waals surface area contributed by atoms with E-state index in [1.54, 1.807) is 13.2 Å². The van der Waals surface area contributed by atoms with Gasteiger partial charge >= 0.3 is 0 Å². The predicted molar refractivity (Wildman–Crippen MR) is 119 cm³/mol. The Bertz CT molecular complexity index is 1260. The van der Waals surface area contributed by atoms with Gasteiger partial charge in [0.2, 0.25) is 5.91 Å². The van der Waals surface area contributed by atoms with Crippen LogP contribution in [-0.4, -0.2) is 28.0 Å². The third-order valence-electron chi connectivity index (χ3n) is 4.96. The molecule has 1 amide bonds. The molecule has 0 bridgehead atoms. The highest BCUT2D eigenvalue weighted by molar-refractivity contribution is 5.96. The van der Waals surface area contributed by atoms with Crippen LogP contribution in [0.5, 0.6) is 5.75 Å². The van der Waals surface area contributed by atoms with Gasteiger partial charge in [-0.05, 0) is 65.6 Å². The molecule has 0 aliphatic carbocycles. The standard InChI is InChI=1S/C24H22N4O2/c1-3-19-10-16(6-7-26-19)22-14-28-24-21(22)12-18(13-27-24)17-8-15(4-5-23(25)29)9-20(11-17)30-2/h4-14H,3H2,1-2H3,(H2,25,29)(H,27,28)/b5-4+. The number of aromatic amines is 1. The number of hydrogen-bond donors (Lipinski definition) is 2. The molecular formula is C24H22N4O2. The second kappa shape index (κ2) is 8.21. The van der Waals surface area contributed by atoms with Crippen molar-refractivity contribution < 1.29 is 9.53 Å². The molecule has 3 heterocycles. The van der Waals surface area contributed by atoms with Crippen molar-refractivity contribution in [3.8, 4) is 28.0 Å². The molecular weight excluding hydrogens is 376 g/mol. The van der Waals surface area contributed by atoms with Gasteiger partial charge in [0.1, 0.15) is 11.4 Å². The zero-order valence-electron chi connectivity index (χ0n) is 16.8. The maximum atomic E-state index is 11.1. The van der Waals surface area contributed by atoms with Gasteiger partial charge in [0.25, 0.3) is 0 Å². The third-order valence-corrected chi connectivity index (χ3v) is 4.96. The van der Waals surface area contributed by atoms with Crippen LogP contribution in [0, 0.1) is 0 Å². The van der Waals surface area contributed by atoms with Crippen LogP contribution >= 0.6 is 0 Å². The number of nitrogens with one attached hydrogen (secondary N) is 1. The lowest BCUT2D eigenvalue weighted by molar-refractivity contribution is -0.113. The van der Waals surface area contributed by atoms with Gasteiger partial charge < -0.3 is 15.5 Å². The maximum absolute atomic E-state index is 11.1. The van der Waals surface area contributed by atoms with Crippen LogP contribution in [0.15, 0.2) is 61.1 Å². The molecule has 150 valence electrons. The highest BCUT2D eigenvalue weighted by atomic mass is 16.5. The number of hydrogen-bond acceptors (Lipinski definition) is 4. The molecule has 30 heavy (non-hydrogen) atoms. The summed E-state index contributed by atoms with van der Waals surface area (Å²) < 4.78 is 5.43. The fourth-order valence-corrected chi connectivity index (χ4v) is 3.42. The molecule has 0 unspecified atom stereocenters. The quantitative estimate of drug-likeness (QED) is 0.472. The van der Waals surface area contributed by atoms with Crippen LogP contribution in [0.25, 0.3) is 39.4 Å². The van der Waals surface area contributed by atoms with Crippen LogP contribution in [-0.2, 0) is 11.2 Å². The number of primary amides is 1. The molecule has 0 saturated heterocycles. The Morgan fingerprint density at radius 3 is 2.77 bits per heavy atom. The fraction of sp³-hybridized carbons (Fsp3) is 0.125. The average Bonchev–Trinajstić information content (AvgIpc) is 3.20. The summed E-state index contributed by atoms with van der Waals surface area (Å²) in [6.07, 6.45) is 9.52. The number of H-pyrrole nitrogens is 1. The van der Waals surface area contributed by atoms with E-state index in [0.29, 0.717) is 5.75 Å². The number of pyridine rings is 2. The molecule has 0 atom stereocenters. The molecule has 6 nitrogen and oxygen atoms in total. The Balaban J connectivity index is 1.82. The van der Waals surface area contributed by atoms with Gasteiger partial charge in [0.05, 0.1) is 7.11 Å². The SMILES string of the molecule is CCc1cc(-c2c[nH]c3ncc(-c4cc(/C=C/C(N)=O)cc(OC)c4)cc23)ccn1. The minimum absolute atomic E-state index is 0.497. The lowest BCUT2D eigenvalue weighted by Crippen LogP contribution is -2.05. The molecule has 0 aliphatic rings. The Morgan fingerprint density at radius 1 is 1.13 bits per heavy atom. The number of carbonyl (C=O) groups is 1. The van der Waals surface area contributed by atoms with E-state index in [1.165, 1.54) is 6.08 Å². The van der Waals surface area contributed by atoms with Crippen molar-refractivity contribution in [1.29, 1.82) is 0 Å². The number of nitrogens with zero attached hydrogens (tertiary/aromatic N) is 2. The van der Waals surface area contributed by atoms with Gasteiger partial charge in [0, 0.05) is 46.9 Å². The number of benzene rings is 1. The van der Waals surface area contributed by atoms with Crippen LogP contribution in [0.4, 0.5) is 0 Å². The Morgan fingerprint density at radius 2 is 2.00 bits per heavy atom. The first-order chi connectivity index (χ1) is 14.6. The van der Waals surface area contributed by atoms with Crippen LogP contribution in [0.1, 0.15) is 18.2 Å². The first kappa shape index (κ1) is 19.4. The minimum Gasteiger partial charge on any atom is -0.497 e. The molecule has 1 aromatic carbocycles. The van der Waals surface area contributed by atoms with Gasteiger partial charge in [-0.15, -0.1) is 0 Å². The zero-order valence-corrected chi connectivity index (χ0v) is 16.8. The molecule has 0 fully saturated rings. The second-order valence-corrected chi connectivity index (χ2v) is 6.94. The van der Waals surface area contributed by atoms with E-state index >= 15 is 0 Å². The summed E-state index contributed by atoms with van der Waals surface area (Å²) in [6.45, 7) is 2.09. The molecule has 3 N–H and O–H groups in total. The number of methoxy groups -OCH3 is 1. The van der Waals surface area contributed by atoms with Crippen molar-refractivity contribution in [2.75, 3.05) is 7.11 Å². The number of aromatic nitrogens is 3. The monoisotopic (exact) mass is 398 g/mol. The summed E-state index contributed by atoms with van der Waals surface area (Å²) in [7, 11) is 1.61. The predicted octanol–water partition coefficient (Wildman–Crippen LogP) is 4.36. The van der Waals surface area contributed by atoms with E-state index in [2.05, 4.69) is 34.0 Å².